The van der Waals surface area contributed by atoms with Crippen LogP contribution in [0.3, 0.4) is 0 Å². The van der Waals surface area contributed by atoms with E-state index in [4.69, 9.17) is 30.9 Å². The topological polar surface area (TPSA) is 60.4 Å². The van der Waals surface area contributed by atoms with E-state index in [1.807, 2.05) is 12.1 Å². The number of carbonyl (C=O) groups excluding carboxylic acids is 1. The largest absolute Gasteiger partial charge is 0.381 e. The molecule has 1 amide bonds. The fourth-order valence-corrected chi connectivity index (χ4v) is 6.93. The zero-order valence-corrected chi connectivity index (χ0v) is 20.8. The van der Waals surface area contributed by atoms with E-state index in [0.717, 1.165) is 77.0 Å². The molecular formula is C25H41ClN2O4. The van der Waals surface area contributed by atoms with Crippen LogP contribution in [0.1, 0.15) is 77.0 Å². The minimum atomic E-state index is -0.0951. The molecule has 0 saturated heterocycles. The lowest BCUT2D eigenvalue weighted by molar-refractivity contribution is -0.139. The minimum Gasteiger partial charge on any atom is -0.381 e. The number of hydrogen-bond donors (Lipinski definition) is 0. The summed E-state index contributed by atoms with van der Waals surface area (Å²) in [4.78, 5) is 13.7. The van der Waals surface area contributed by atoms with Gasteiger partial charge in [0.2, 0.25) is 5.91 Å². The predicted octanol–water partition coefficient (Wildman–Crippen LogP) is 4.78. The van der Waals surface area contributed by atoms with E-state index in [1.165, 1.54) is 5.71 Å². The summed E-state index contributed by atoms with van der Waals surface area (Å²) in [5.41, 5.74) is 1.19. The number of carbonyl (C=O) groups is 1. The number of amides is 1. The van der Waals surface area contributed by atoms with Gasteiger partial charge in [-0.2, -0.15) is 5.10 Å². The molecule has 3 aliphatic carbocycles. The molecule has 0 bridgehead atoms. The standard InChI is InChI=1S/C25H41ClN2O4/c1-30-18-11-8-16(9-12-18)22-15-21(17-10-13-23(31-2)24(14-17)32-3)27-28(22)25(29)19-6-4-5-7-20(19)26/h16-20,22-24H,4-15H2,1-3H3. The highest BCUT2D eigenvalue weighted by molar-refractivity contribution is 6.22. The molecule has 6 atom stereocenters. The average Bonchev–Trinajstić information content (AvgIpc) is 3.29. The Kier molecular flexibility index (Phi) is 8.52. The Morgan fingerprint density at radius 1 is 0.906 bits per heavy atom. The molecule has 0 aromatic heterocycles. The van der Waals surface area contributed by atoms with Gasteiger partial charge in [-0.3, -0.25) is 4.79 Å². The summed E-state index contributed by atoms with van der Waals surface area (Å²) in [5, 5.41) is 6.88. The lowest BCUT2D eigenvalue weighted by atomic mass is 9.77. The first-order chi connectivity index (χ1) is 15.5. The summed E-state index contributed by atoms with van der Waals surface area (Å²) in [6, 6.07) is 0.169. The molecule has 6 nitrogen and oxygen atoms in total. The molecule has 0 aromatic carbocycles. The van der Waals surface area contributed by atoms with Crippen molar-refractivity contribution in [3.05, 3.63) is 0 Å². The van der Waals surface area contributed by atoms with Gasteiger partial charge in [-0.25, -0.2) is 5.01 Å². The molecule has 0 spiro atoms. The van der Waals surface area contributed by atoms with E-state index in [9.17, 15) is 4.79 Å². The van der Waals surface area contributed by atoms with Crippen molar-refractivity contribution in [3.63, 3.8) is 0 Å². The number of methoxy groups -OCH3 is 3. The van der Waals surface area contributed by atoms with Crippen LogP contribution in [0.25, 0.3) is 0 Å². The van der Waals surface area contributed by atoms with Crippen LogP contribution in [0, 0.1) is 17.8 Å². The zero-order chi connectivity index (χ0) is 22.7. The highest BCUT2D eigenvalue weighted by atomic mass is 35.5. The smallest absolute Gasteiger partial charge is 0.247 e. The molecular weight excluding hydrogens is 428 g/mol. The molecule has 7 heteroatoms. The van der Waals surface area contributed by atoms with Gasteiger partial charge < -0.3 is 14.2 Å². The third-order valence-corrected chi connectivity index (χ3v) is 9.12. The van der Waals surface area contributed by atoms with E-state index in [2.05, 4.69) is 0 Å². The Morgan fingerprint density at radius 2 is 1.62 bits per heavy atom. The first-order valence-electron chi connectivity index (χ1n) is 12.7. The van der Waals surface area contributed by atoms with Gasteiger partial charge in [0.1, 0.15) is 0 Å². The monoisotopic (exact) mass is 468 g/mol. The first-order valence-corrected chi connectivity index (χ1v) is 13.1. The lowest BCUT2D eigenvalue weighted by Gasteiger charge is -2.37. The van der Waals surface area contributed by atoms with Crippen LogP contribution in [-0.4, -0.2) is 67.7 Å². The van der Waals surface area contributed by atoms with Gasteiger partial charge in [0, 0.05) is 44.8 Å². The van der Waals surface area contributed by atoms with Crippen LogP contribution in [0.4, 0.5) is 0 Å². The lowest BCUT2D eigenvalue weighted by Crippen LogP contribution is -2.45. The second-order valence-corrected chi connectivity index (χ2v) is 10.8. The van der Waals surface area contributed by atoms with Crippen LogP contribution in [-0.2, 0) is 19.0 Å². The minimum absolute atomic E-state index is 0.0598. The van der Waals surface area contributed by atoms with Crippen molar-refractivity contribution in [3.8, 4) is 0 Å². The van der Waals surface area contributed by atoms with Crippen molar-refractivity contribution < 1.29 is 19.0 Å². The molecule has 3 fully saturated rings. The van der Waals surface area contributed by atoms with Crippen molar-refractivity contribution in [1.29, 1.82) is 0 Å². The van der Waals surface area contributed by atoms with Crippen LogP contribution in [0.2, 0.25) is 0 Å². The van der Waals surface area contributed by atoms with E-state index in [0.29, 0.717) is 17.9 Å². The van der Waals surface area contributed by atoms with Crippen molar-refractivity contribution in [2.45, 2.75) is 107 Å². The Bertz CT molecular complexity index is 666. The molecule has 3 saturated carbocycles. The maximum absolute atomic E-state index is 13.7. The molecule has 1 heterocycles. The van der Waals surface area contributed by atoms with Gasteiger partial charge in [-0.15, -0.1) is 11.6 Å². The van der Waals surface area contributed by atoms with Gasteiger partial charge >= 0.3 is 0 Å². The van der Waals surface area contributed by atoms with Crippen molar-refractivity contribution in [1.82, 2.24) is 5.01 Å². The molecule has 0 radical (unpaired) electrons. The normalized spacial score (nSPS) is 40.9. The number of rotatable bonds is 6. The molecule has 6 unspecified atom stereocenters. The second kappa shape index (κ2) is 11.2. The van der Waals surface area contributed by atoms with Crippen LogP contribution < -0.4 is 0 Å². The zero-order valence-electron chi connectivity index (χ0n) is 20.0. The Morgan fingerprint density at radius 3 is 2.28 bits per heavy atom. The average molecular weight is 469 g/mol. The number of nitrogens with zero attached hydrogens (tertiary/aromatic N) is 2. The Balaban J connectivity index is 1.51. The van der Waals surface area contributed by atoms with E-state index in [1.54, 1.807) is 14.2 Å². The third-order valence-electron chi connectivity index (χ3n) is 8.60. The fourth-order valence-electron chi connectivity index (χ4n) is 6.55. The number of ether oxygens (including phenoxy) is 3. The van der Waals surface area contributed by atoms with E-state index in [-0.39, 0.29) is 35.5 Å². The first kappa shape index (κ1) is 24.4. The Labute approximate surface area is 198 Å². The quantitative estimate of drug-likeness (QED) is 0.526. The van der Waals surface area contributed by atoms with Crippen LogP contribution in [0.5, 0.6) is 0 Å². The molecule has 0 aromatic rings. The van der Waals surface area contributed by atoms with E-state index >= 15 is 0 Å². The maximum atomic E-state index is 13.7. The van der Waals surface area contributed by atoms with Crippen molar-refractivity contribution in [2.75, 3.05) is 21.3 Å². The molecule has 4 rings (SSSR count). The number of hydrogen-bond acceptors (Lipinski definition) is 5. The predicted molar refractivity (Wildman–Crippen MR) is 126 cm³/mol. The molecule has 0 N–H and O–H groups in total. The molecule has 4 aliphatic rings. The van der Waals surface area contributed by atoms with Gasteiger partial charge in [-0.1, -0.05) is 12.8 Å². The number of halogens is 1. The van der Waals surface area contributed by atoms with E-state index < -0.39 is 0 Å². The maximum Gasteiger partial charge on any atom is 0.247 e. The summed E-state index contributed by atoms with van der Waals surface area (Å²) in [7, 11) is 5.35. The highest BCUT2D eigenvalue weighted by Gasteiger charge is 2.45. The number of hydrazone groups is 1. The molecule has 32 heavy (non-hydrogen) atoms. The van der Waals surface area contributed by atoms with Crippen molar-refractivity contribution in [2.24, 2.45) is 22.9 Å². The van der Waals surface area contributed by atoms with Crippen molar-refractivity contribution >= 4 is 23.2 Å². The summed E-state index contributed by atoms with van der Waals surface area (Å²) in [6.07, 6.45) is 12.8. The third kappa shape index (κ3) is 5.18. The Hall–Kier alpha value is -0.690. The van der Waals surface area contributed by atoms with Gasteiger partial charge in [0.15, 0.2) is 0 Å². The van der Waals surface area contributed by atoms with Gasteiger partial charge in [-0.05, 0) is 63.7 Å². The second-order valence-electron chi connectivity index (χ2n) is 10.3. The number of alkyl halides is 1. The fraction of sp³-hybridized carbons (Fsp3) is 0.920. The van der Waals surface area contributed by atoms with Crippen LogP contribution in [0.15, 0.2) is 5.10 Å². The summed E-state index contributed by atoms with van der Waals surface area (Å²) < 4.78 is 17.0. The molecule has 182 valence electrons. The van der Waals surface area contributed by atoms with Gasteiger partial charge in [0.25, 0.3) is 0 Å². The highest BCUT2D eigenvalue weighted by Crippen LogP contribution is 2.40. The summed E-state index contributed by atoms with van der Waals surface area (Å²) in [6.45, 7) is 0. The SMILES string of the molecule is COC1CCC(C2CC(C3CCC(OC)C(OC)C3)=NN2C(=O)C2CCCCC2Cl)CC1. The molecule has 1 aliphatic heterocycles. The summed E-state index contributed by atoms with van der Waals surface area (Å²) >= 11 is 6.64. The van der Waals surface area contributed by atoms with Gasteiger partial charge in [0.05, 0.1) is 30.3 Å². The summed E-state index contributed by atoms with van der Waals surface area (Å²) in [5.74, 6) is 0.910. The van der Waals surface area contributed by atoms with Crippen LogP contribution >= 0.6 is 11.6 Å².